The van der Waals surface area contributed by atoms with E-state index in [4.69, 9.17) is 19.4 Å². The van der Waals surface area contributed by atoms with Crippen LogP contribution in [0.1, 0.15) is 0 Å². The van der Waals surface area contributed by atoms with Gasteiger partial charge in [0, 0.05) is 6.07 Å². The van der Waals surface area contributed by atoms with E-state index >= 15 is 0 Å². The molecule has 1 heterocycles. The minimum absolute atomic E-state index is 0.108. The van der Waals surface area contributed by atoms with Gasteiger partial charge in [0.15, 0.2) is 5.43 Å². The monoisotopic (exact) mass is 363 g/mol. The number of hydrogen-bond acceptors (Lipinski definition) is 7. The molecule has 0 atom stereocenters. The predicted molar refractivity (Wildman–Crippen MR) is 91.1 cm³/mol. The molecule has 0 spiro atoms. The van der Waals surface area contributed by atoms with Crippen LogP contribution in [0.15, 0.2) is 51.9 Å². The van der Waals surface area contributed by atoms with E-state index in [1.54, 1.807) is 18.2 Å². The minimum atomic E-state index is -4.66. The smallest absolute Gasteiger partial charge is 0.446 e. The Labute approximate surface area is 142 Å². The number of rotatable bonds is 4. The molecule has 2 aromatic carbocycles. The third kappa shape index (κ3) is 3.42. The summed E-state index contributed by atoms with van der Waals surface area (Å²) in [6.07, 6.45) is 1.24. The third-order valence-corrected chi connectivity index (χ3v) is 3.89. The van der Waals surface area contributed by atoms with Crippen molar-refractivity contribution in [1.29, 1.82) is 0 Å². The maximum Gasteiger partial charge on any atom is 0.446 e. The summed E-state index contributed by atoms with van der Waals surface area (Å²) in [7, 11) is -3.18. The van der Waals surface area contributed by atoms with Crippen LogP contribution in [0, 0.1) is 0 Å². The maximum absolute atomic E-state index is 12.7. The highest BCUT2D eigenvalue weighted by molar-refractivity contribution is 7.81. The van der Waals surface area contributed by atoms with Gasteiger partial charge in [0.1, 0.15) is 23.3 Å². The zero-order valence-electron chi connectivity index (χ0n) is 12.9. The zero-order chi connectivity index (χ0) is 18.2. The van der Waals surface area contributed by atoms with Gasteiger partial charge in [-0.15, -0.1) is 0 Å². The Morgan fingerprint density at radius 3 is 2.56 bits per heavy atom. The van der Waals surface area contributed by atoms with E-state index in [1.165, 1.54) is 31.6 Å². The molecule has 0 bridgehead atoms. The molecule has 0 fully saturated rings. The quantitative estimate of drug-likeness (QED) is 0.533. The second kappa shape index (κ2) is 6.11. The molecule has 9 heteroatoms. The lowest BCUT2D eigenvalue weighted by Gasteiger charge is -2.08. The summed E-state index contributed by atoms with van der Waals surface area (Å²) in [6, 6.07) is 8.67. The van der Waals surface area contributed by atoms with Gasteiger partial charge in [0.25, 0.3) is 0 Å². The fraction of sp³-hybridized carbons (Fsp3) is 0.0625. The van der Waals surface area contributed by atoms with Crippen LogP contribution < -0.4 is 20.1 Å². The third-order valence-electron chi connectivity index (χ3n) is 3.49. The molecule has 0 aliphatic carbocycles. The standard InChI is InChI=1S/C16H13NO7S/c1-22-14-5-2-9(6-13(14)17)12-8-23-15-7-10(24-25(19,20)21)3-4-11(15)16(12)18/h2-8H,17H2,1H3,(H,19,20,21). The molecular weight excluding hydrogens is 350 g/mol. The summed E-state index contributed by atoms with van der Waals surface area (Å²) in [4.78, 5) is 12.7. The van der Waals surface area contributed by atoms with Gasteiger partial charge >= 0.3 is 10.4 Å². The van der Waals surface area contributed by atoms with Crippen molar-refractivity contribution in [2.75, 3.05) is 12.8 Å². The van der Waals surface area contributed by atoms with Gasteiger partial charge in [0.05, 0.1) is 23.7 Å². The number of benzene rings is 2. The van der Waals surface area contributed by atoms with Crippen LogP contribution in [0.3, 0.4) is 0 Å². The van der Waals surface area contributed by atoms with Crippen LogP contribution in [-0.2, 0) is 10.4 Å². The van der Waals surface area contributed by atoms with Crippen molar-refractivity contribution >= 4 is 27.1 Å². The van der Waals surface area contributed by atoms with E-state index in [2.05, 4.69) is 4.18 Å². The number of anilines is 1. The highest BCUT2D eigenvalue weighted by Crippen LogP contribution is 2.28. The molecule has 0 saturated carbocycles. The SMILES string of the molecule is COc1ccc(-c2coc3cc(OS(=O)(=O)O)ccc3c2=O)cc1N. The van der Waals surface area contributed by atoms with Crippen molar-refractivity contribution in [3.63, 3.8) is 0 Å². The number of hydrogen-bond donors (Lipinski definition) is 2. The molecule has 0 saturated heterocycles. The average Bonchev–Trinajstić information content (AvgIpc) is 2.53. The number of methoxy groups -OCH3 is 1. The first kappa shape index (κ1) is 16.8. The largest absolute Gasteiger partial charge is 0.495 e. The Kier molecular flexibility index (Phi) is 4.11. The fourth-order valence-electron chi connectivity index (χ4n) is 2.38. The first-order valence-corrected chi connectivity index (χ1v) is 8.31. The van der Waals surface area contributed by atoms with Gasteiger partial charge in [-0.3, -0.25) is 9.35 Å². The van der Waals surface area contributed by atoms with Gasteiger partial charge < -0.3 is 19.1 Å². The molecule has 8 nitrogen and oxygen atoms in total. The van der Waals surface area contributed by atoms with Gasteiger partial charge in [-0.05, 0) is 29.8 Å². The van der Waals surface area contributed by atoms with Gasteiger partial charge in [0.2, 0.25) is 0 Å². The normalized spacial score (nSPS) is 11.4. The molecular formula is C16H13NO7S. The second-order valence-electron chi connectivity index (χ2n) is 5.10. The van der Waals surface area contributed by atoms with Crippen molar-refractivity contribution in [3.8, 4) is 22.6 Å². The van der Waals surface area contributed by atoms with Crippen molar-refractivity contribution in [1.82, 2.24) is 0 Å². The fourth-order valence-corrected chi connectivity index (χ4v) is 2.73. The van der Waals surface area contributed by atoms with Crippen LogP contribution in [0.4, 0.5) is 5.69 Å². The van der Waals surface area contributed by atoms with Crippen molar-refractivity contribution in [3.05, 3.63) is 52.9 Å². The van der Waals surface area contributed by atoms with E-state index < -0.39 is 10.4 Å². The molecule has 0 unspecified atom stereocenters. The molecule has 0 radical (unpaired) electrons. The maximum atomic E-state index is 12.7. The van der Waals surface area contributed by atoms with Crippen LogP contribution in [0.25, 0.3) is 22.1 Å². The van der Waals surface area contributed by atoms with Crippen molar-refractivity contribution in [2.24, 2.45) is 0 Å². The Morgan fingerprint density at radius 2 is 1.92 bits per heavy atom. The van der Waals surface area contributed by atoms with Crippen molar-refractivity contribution < 1.29 is 26.3 Å². The number of ether oxygens (including phenoxy) is 1. The second-order valence-corrected chi connectivity index (χ2v) is 6.13. The summed E-state index contributed by atoms with van der Waals surface area (Å²) in [5.74, 6) is 0.306. The minimum Gasteiger partial charge on any atom is -0.495 e. The van der Waals surface area contributed by atoms with Crippen LogP contribution in [0.2, 0.25) is 0 Å². The van der Waals surface area contributed by atoms with Gasteiger partial charge in [-0.2, -0.15) is 8.42 Å². The molecule has 3 N–H and O–H groups in total. The summed E-state index contributed by atoms with van der Waals surface area (Å²) < 4.78 is 45.0. The molecule has 130 valence electrons. The Bertz CT molecular complexity index is 1120. The van der Waals surface area contributed by atoms with Crippen LogP contribution >= 0.6 is 0 Å². The summed E-state index contributed by atoms with van der Waals surface area (Å²) in [5.41, 5.74) is 6.84. The van der Waals surface area contributed by atoms with E-state index in [9.17, 15) is 13.2 Å². The summed E-state index contributed by atoms with van der Waals surface area (Å²) >= 11 is 0. The Hall–Kier alpha value is -3.04. The van der Waals surface area contributed by atoms with Crippen LogP contribution in [-0.4, -0.2) is 20.1 Å². The summed E-state index contributed by atoms with van der Waals surface area (Å²) in [6.45, 7) is 0. The molecule has 0 aliphatic heterocycles. The van der Waals surface area contributed by atoms with E-state index in [0.717, 1.165) is 0 Å². The molecule has 3 aromatic rings. The Morgan fingerprint density at radius 1 is 1.16 bits per heavy atom. The van der Waals surface area contributed by atoms with Gasteiger partial charge in [-0.1, -0.05) is 6.07 Å². The lowest BCUT2D eigenvalue weighted by molar-refractivity contribution is 0.387. The average molecular weight is 363 g/mol. The van der Waals surface area contributed by atoms with Gasteiger partial charge in [-0.25, -0.2) is 0 Å². The van der Waals surface area contributed by atoms with Crippen LogP contribution in [0.5, 0.6) is 11.5 Å². The topological polar surface area (TPSA) is 129 Å². The first-order chi connectivity index (χ1) is 11.8. The predicted octanol–water partition coefficient (Wildman–Crippen LogP) is 2.23. The highest BCUT2D eigenvalue weighted by atomic mass is 32.3. The lowest BCUT2D eigenvalue weighted by atomic mass is 10.0. The molecule has 0 aliphatic rings. The number of fused-ring (bicyclic) bond motifs is 1. The van der Waals surface area contributed by atoms with E-state index in [1.807, 2.05) is 0 Å². The van der Waals surface area contributed by atoms with Crippen molar-refractivity contribution in [2.45, 2.75) is 0 Å². The van der Waals surface area contributed by atoms with E-state index in [-0.39, 0.29) is 27.7 Å². The zero-order valence-corrected chi connectivity index (χ0v) is 13.7. The Balaban J connectivity index is 2.10. The first-order valence-electron chi connectivity index (χ1n) is 6.95. The number of nitrogen functional groups attached to an aromatic ring is 1. The highest BCUT2D eigenvalue weighted by Gasteiger charge is 2.13. The lowest BCUT2D eigenvalue weighted by Crippen LogP contribution is -2.08. The summed E-state index contributed by atoms with van der Waals surface area (Å²) in [5, 5.41) is 0.217. The van der Waals surface area contributed by atoms with E-state index in [0.29, 0.717) is 17.0 Å². The molecule has 25 heavy (non-hydrogen) atoms. The molecule has 1 aromatic heterocycles. The molecule has 0 amide bonds. The molecule has 3 rings (SSSR count). The number of nitrogens with two attached hydrogens (primary N) is 1.